The van der Waals surface area contributed by atoms with Gasteiger partial charge in [0, 0.05) is 6.21 Å². The highest BCUT2D eigenvalue weighted by Crippen LogP contribution is 2.21. The predicted octanol–water partition coefficient (Wildman–Crippen LogP) is 3.08. The largest absolute Gasteiger partial charge is 0.443 e. The fourth-order valence-electron chi connectivity index (χ4n) is 1.78. The van der Waals surface area contributed by atoms with Crippen LogP contribution >= 0.6 is 0 Å². The number of hydrazone groups is 1. The van der Waals surface area contributed by atoms with Crippen molar-refractivity contribution in [3.63, 3.8) is 0 Å². The Bertz CT molecular complexity index is 250. The quantitative estimate of drug-likeness (QED) is 0.581. The molecule has 4 nitrogen and oxygen atoms in total. The molecule has 0 atom stereocenters. The minimum Gasteiger partial charge on any atom is -0.443 e. The number of amides is 1. The predicted molar refractivity (Wildman–Crippen MR) is 64.4 cm³/mol. The fourth-order valence-corrected chi connectivity index (χ4v) is 1.78. The fraction of sp³-hybridized carbons (Fsp3) is 0.833. The van der Waals surface area contributed by atoms with E-state index in [1.54, 1.807) is 0 Å². The summed E-state index contributed by atoms with van der Waals surface area (Å²) in [7, 11) is 0. The number of hydrogen-bond donors (Lipinski definition) is 1. The first-order valence-electron chi connectivity index (χ1n) is 5.99. The Morgan fingerprint density at radius 3 is 2.50 bits per heavy atom. The van der Waals surface area contributed by atoms with E-state index in [4.69, 9.17) is 4.74 Å². The summed E-state index contributed by atoms with van der Waals surface area (Å²) >= 11 is 0. The minimum absolute atomic E-state index is 0.468. The summed E-state index contributed by atoms with van der Waals surface area (Å²) in [6, 6.07) is 0. The van der Waals surface area contributed by atoms with E-state index in [0.29, 0.717) is 5.92 Å². The zero-order valence-corrected chi connectivity index (χ0v) is 10.5. The van der Waals surface area contributed by atoms with Crippen molar-refractivity contribution in [1.82, 2.24) is 5.43 Å². The highest BCUT2D eigenvalue weighted by atomic mass is 16.6. The van der Waals surface area contributed by atoms with Gasteiger partial charge in [0.15, 0.2) is 0 Å². The summed E-state index contributed by atoms with van der Waals surface area (Å²) in [5, 5.41) is 3.93. The summed E-state index contributed by atoms with van der Waals surface area (Å²) in [6.45, 7) is 5.49. The van der Waals surface area contributed by atoms with Crippen molar-refractivity contribution in [3.05, 3.63) is 0 Å². The van der Waals surface area contributed by atoms with E-state index < -0.39 is 11.7 Å². The van der Waals surface area contributed by atoms with Crippen LogP contribution in [0.3, 0.4) is 0 Å². The number of rotatable bonds is 2. The van der Waals surface area contributed by atoms with Crippen molar-refractivity contribution in [2.24, 2.45) is 11.0 Å². The number of hydrogen-bond acceptors (Lipinski definition) is 3. The van der Waals surface area contributed by atoms with Gasteiger partial charge in [-0.2, -0.15) is 5.10 Å². The van der Waals surface area contributed by atoms with Crippen LogP contribution in [0.2, 0.25) is 0 Å². The molecule has 4 heteroatoms. The number of nitrogens with zero attached hydrogens (tertiary/aromatic N) is 1. The van der Waals surface area contributed by atoms with E-state index in [1.165, 1.54) is 32.1 Å². The topological polar surface area (TPSA) is 50.7 Å². The Morgan fingerprint density at radius 2 is 1.94 bits per heavy atom. The molecule has 0 heterocycles. The molecule has 1 N–H and O–H groups in total. The molecule has 1 aliphatic carbocycles. The second kappa shape index (κ2) is 5.87. The molecule has 0 aliphatic heterocycles. The van der Waals surface area contributed by atoms with Crippen LogP contribution in [0.15, 0.2) is 5.10 Å². The zero-order valence-electron chi connectivity index (χ0n) is 10.5. The molecular formula is C12H22N2O2. The van der Waals surface area contributed by atoms with Gasteiger partial charge < -0.3 is 4.74 Å². The molecule has 1 fully saturated rings. The van der Waals surface area contributed by atoms with Crippen LogP contribution < -0.4 is 5.43 Å². The first-order valence-corrected chi connectivity index (χ1v) is 5.99. The van der Waals surface area contributed by atoms with E-state index in [2.05, 4.69) is 10.5 Å². The van der Waals surface area contributed by atoms with E-state index >= 15 is 0 Å². The third-order valence-electron chi connectivity index (χ3n) is 2.49. The summed E-state index contributed by atoms with van der Waals surface area (Å²) < 4.78 is 5.06. The van der Waals surface area contributed by atoms with Crippen molar-refractivity contribution in [2.75, 3.05) is 0 Å². The van der Waals surface area contributed by atoms with Crippen LogP contribution in [0.4, 0.5) is 4.79 Å². The van der Waals surface area contributed by atoms with Crippen molar-refractivity contribution in [2.45, 2.75) is 58.5 Å². The van der Waals surface area contributed by atoms with Crippen LogP contribution in [0.1, 0.15) is 52.9 Å². The van der Waals surface area contributed by atoms with E-state index in [-0.39, 0.29) is 0 Å². The maximum Gasteiger partial charge on any atom is 0.428 e. The van der Waals surface area contributed by atoms with Gasteiger partial charge in [-0.15, -0.1) is 0 Å². The summed E-state index contributed by atoms with van der Waals surface area (Å²) in [4.78, 5) is 11.3. The maximum absolute atomic E-state index is 11.3. The summed E-state index contributed by atoms with van der Waals surface area (Å²) in [6.07, 6.45) is 7.57. The van der Waals surface area contributed by atoms with Gasteiger partial charge >= 0.3 is 6.09 Å². The molecule has 0 radical (unpaired) electrons. The van der Waals surface area contributed by atoms with Crippen LogP contribution in [0, 0.1) is 5.92 Å². The van der Waals surface area contributed by atoms with Gasteiger partial charge in [0.05, 0.1) is 0 Å². The monoisotopic (exact) mass is 226 g/mol. The summed E-state index contributed by atoms with van der Waals surface area (Å²) in [5.41, 5.74) is 1.93. The first-order chi connectivity index (χ1) is 7.47. The molecule has 0 unspecified atom stereocenters. The van der Waals surface area contributed by atoms with Gasteiger partial charge in [0.2, 0.25) is 0 Å². The van der Waals surface area contributed by atoms with Crippen molar-refractivity contribution < 1.29 is 9.53 Å². The lowest BCUT2D eigenvalue weighted by Gasteiger charge is -2.19. The average Bonchev–Trinajstić information content (AvgIpc) is 2.16. The van der Waals surface area contributed by atoms with Crippen LogP contribution in [0.25, 0.3) is 0 Å². The van der Waals surface area contributed by atoms with Gasteiger partial charge in [-0.1, -0.05) is 19.3 Å². The van der Waals surface area contributed by atoms with E-state index in [1.807, 2.05) is 27.0 Å². The van der Waals surface area contributed by atoms with Gasteiger partial charge in [-0.05, 0) is 39.5 Å². The van der Waals surface area contributed by atoms with Gasteiger partial charge in [0.25, 0.3) is 0 Å². The molecule has 0 spiro atoms. The van der Waals surface area contributed by atoms with Gasteiger partial charge in [0.1, 0.15) is 5.60 Å². The molecule has 92 valence electrons. The van der Waals surface area contributed by atoms with E-state index in [0.717, 1.165) is 0 Å². The summed E-state index contributed by atoms with van der Waals surface area (Å²) in [5.74, 6) is 0.517. The number of carbonyl (C=O) groups excluding carboxylic acids is 1. The maximum atomic E-state index is 11.3. The Morgan fingerprint density at radius 1 is 1.31 bits per heavy atom. The van der Waals surface area contributed by atoms with Gasteiger partial charge in [-0.25, -0.2) is 10.2 Å². The Hall–Kier alpha value is -1.06. The molecule has 16 heavy (non-hydrogen) atoms. The molecule has 0 saturated heterocycles. The SMILES string of the molecule is CC(C)(C)OC(=O)N/N=C\C1CCCCC1. The Labute approximate surface area is 97.4 Å². The third kappa shape index (κ3) is 5.73. The average molecular weight is 226 g/mol. The standard InChI is InChI=1S/C12H22N2O2/c1-12(2,3)16-11(15)14-13-9-10-7-5-4-6-8-10/h9-10H,4-8H2,1-3H3,(H,14,15)/b13-9-. The number of ether oxygens (including phenoxy) is 1. The van der Waals surface area contributed by atoms with Gasteiger partial charge in [-0.3, -0.25) is 0 Å². The zero-order chi connectivity index (χ0) is 12.0. The lowest BCUT2D eigenvalue weighted by atomic mass is 9.90. The highest BCUT2D eigenvalue weighted by molar-refractivity contribution is 5.70. The lowest BCUT2D eigenvalue weighted by molar-refractivity contribution is 0.0529. The molecule has 1 amide bonds. The van der Waals surface area contributed by atoms with Crippen molar-refractivity contribution >= 4 is 12.3 Å². The van der Waals surface area contributed by atoms with E-state index in [9.17, 15) is 4.79 Å². The number of nitrogens with one attached hydrogen (secondary N) is 1. The van der Waals surface area contributed by atoms with Crippen molar-refractivity contribution in [1.29, 1.82) is 0 Å². The molecule has 1 rings (SSSR count). The molecule has 1 saturated carbocycles. The molecule has 0 aromatic rings. The molecule has 0 aromatic carbocycles. The van der Waals surface area contributed by atoms with Crippen LogP contribution in [-0.4, -0.2) is 17.9 Å². The second-order valence-corrected chi connectivity index (χ2v) is 5.29. The molecule has 0 bridgehead atoms. The second-order valence-electron chi connectivity index (χ2n) is 5.29. The van der Waals surface area contributed by atoms with Crippen molar-refractivity contribution in [3.8, 4) is 0 Å². The van der Waals surface area contributed by atoms with Crippen LogP contribution in [0.5, 0.6) is 0 Å². The lowest BCUT2D eigenvalue weighted by Crippen LogP contribution is -2.30. The van der Waals surface area contributed by atoms with Crippen LogP contribution in [-0.2, 0) is 4.74 Å². The highest BCUT2D eigenvalue weighted by Gasteiger charge is 2.15. The number of carbonyl (C=O) groups is 1. The molecule has 1 aliphatic rings. The Balaban J connectivity index is 2.22. The first kappa shape index (κ1) is 13.0. The Kier molecular flexibility index (Phi) is 4.77. The normalized spacial score (nSPS) is 18.7. The molecule has 0 aromatic heterocycles. The third-order valence-corrected chi connectivity index (χ3v) is 2.49. The molecular weight excluding hydrogens is 204 g/mol. The smallest absolute Gasteiger partial charge is 0.428 e. The minimum atomic E-state index is -0.487.